The first kappa shape index (κ1) is 28.9. The lowest BCUT2D eigenvalue weighted by molar-refractivity contribution is -0.116. The van der Waals surface area contributed by atoms with Crippen molar-refractivity contribution in [2.75, 3.05) is 18.9 Å². The number of pyridine rings is 1. The Kier molecular flexibility index (Phi) is 12.5. The molecule has 1 heterocycles. The van der Waals surface area contributed by atoms with Gasteiger partial charge in [-0.2, -0.15) is 5.10 Å². The molecule has 6 N–H and O–H groups in total. The van der Waals surface area contributed by atoms with Crippen LogP contribution in [0, 0.1) is 0 Å². The first-order valence-corrected chi connectivity index (χ1v) is 12.9. The lowest BCUT2D eigenvalue weighted by Gasteiger charge is -2.27. The van der Waals surface area contributed by atoms with Gasteiger partial charge in [-0.25, -0.2) is 5.84 Å². The van der Waals surface area contributed by atoms with Gasteiger partial charge in [-0.15, -0.1) is 0 Å². The fraction of sp³-hybridized carbons (Fsp3) is 0.385. The predicted molar refractivity (Wildman–Crippen MR) is 149 cm³/mol. The third-order valence-corrected chi connectivity index (χ3v) is 6.66. The van der Waals surface area contributed by atoms with Gasteiger partial charge in [0.1, 0.15) is 0 Å². The Labute approximate surface area is 217 Å². The number of anilines is 1. The molecule has 36 heavy (non-hydrogen) atoms. The summed E-state index contributed by atoms with van der Waals surface area (Å²) < 4.78 is 0. The van der Waals surface area contributed by atoms with Crippen LogP contribution in [0.3, 0.4) is 0 Å². The second-order valence-corrected chi connectivity index (χ2v) is 9.48. The number of rotatable bonds is 15. The van der Waals surface area contributed by atoms with Gasteiger partial charge in [-0.3, -0.25) is 14.6 Å². The monoisotopic (exact) mass is 511 g/mol. The molecule has 1 amide bonds. The average molecular weight is 512 g/mol. The number of hydrogen-bond donors (Lipinski definition) is 4. The van der Waals surface area contributed by atoms with E-state index < -0.39 is 0 Å². The molecule has 2 aromatic rings. The Morgan fingerprint density at radius 3 is 2.58 bits per heavy atom. The number of unbranched alkanes of at least 4 members (excludes halogenated alkanes) is 1. The van der Waals surface area contributed by atoms with Crippen LogP contribution in [0.5, 0.6) is 0 Å². The second kappa shape index (κ2) is 15.6. The fourth-order valence-corrected chi connectivity index (χ4v) is 4.34. The molecule has 10 heteroatoms. The lowest BCUT2D eigenvalue weighted by Crippen LogP contribution is -2.32. The number of amides is 1. The van der Waals surface area contributed by atoms with E-state index in [4.69, 9.17) is 11.7 Å². The summed E-state index contributed by atoms with van der Waals surface area (Å²) in [5.74, 6) is 10.9. The van der Waals surface area contributed by atoms with Gasteiger partial charge in [0.15, 0.2) is 11.5 Å². The normalized spacial score (nSPS) is 12.0. The van der Waals surface area contributed by atoms with Crippen LogP contribution in [0.4, 0.5) is 5.69 Å². The molecule has 194 valence electrons. The highest BCUT2D eigenvalue weighted by Crippen LogP contribution is 2.23. The summed E-state index contributed by atoms with van der Waals surface area (Å²) in [6.07, 6.45) is 6.86. The van der Waals surface area contributed by atoms with Crippen LogP contribution in [0.1, 0.15) is 49.4 Å². The summed E-state index contributed by atoms with van der Waals surface area (Å²) in [4.78, 5) is 30.2. The van der Waals surface area contributed by atoms with Crippen LogP contribution in [0.2, 0.25) is 0 Å². The molecular formula is C26H37N7O2S. The number of nitrogens with one attached hydrogen (secondary N) is 2. The molecule has 1 atom stereocenters. The second-order valence-electron chi connectivity index (χ2n) is 8.45. The van der Waals surface area contributed by atoms with Gasteiger partial charge in [-0.05, 0) is 55.2 Å². The number of thioether (sulfide) groups is 1. The van der Waals surface area contributed by atoms with Crippen molar-refractivity contribution in [3.05, 3.63) is 71.7 Å². The molecular weight excluding hydrogens is 474 g/mol. The Morgan fingerprint density at radius 2 is 2.00 bits per heavy atom. The van der Waals surface area contributed by atoms with E-state index in [0.29, 0.717) is 42.9 Å². The van der Waals surface area contributed by atoms with E-state index in [1.165, 1.54) is 17.3 Å². The summed E-state index contributed by atoms with van der Waals surface area (Å²) in [7, 11) is 1.93. The van der Waals surface area contributed by atoms with Crippen LogP contribution in [0.15, 0.2) is 60.0 Å². The molecule has 0 aliphatic rings. The minimum Gasteiger partial charge on any atom is -0.377 e. The van der Waals surface area contributed by atoms with Gasteiger partial charge < -0.3 is 21.5 Å². The van der Waals surface area contributed by atoms with E-state index in [-0.39, 0.29) is 11.2 Å². The van der Waals surface area contributed by atoms with Crippen LogP contribution in [-0.4, -0.2) is 46.1 Å². The van der Waals surface area contributed by atoms with Crippen molar-refractivity contribution in [3.63, 3.8) is 0 Å². The van der Waals surface area contributed by atoms with E-state index in [1.54, 1.807) is 24.3 Å². The summed E-state index contributed by atoms with van der Waals surface area (Å²) in [6, 6.07) is 11.2. The maximum Gasteiger partial charge on any atom is 0.224 e. The molecule has 1 unspecified atom stereocenters. The zero-order valence-electron chi connectivity index (χ0n) is 21.1. The minimum atomic E-state index is -0.112. The smallest absolute Gasteiger partial charge is 0.224 e. The highest BCUT2D eigenvalue weighted by atomic mass is 32.2. The Bertz CT molecular complexity index is 1010. The van der Waals surface area contributed by atoms with E-state index in [0.717, 1.165) is 36.3 Å². The maximum absolute atomic E-state index is 12.4. The van der Waals surface area contributed by atoms with Crippen molar-refractivity contribution in [3.8, 4) is 0 Å². The van der Waals surface area contributed by atoms with Gasteiger partial charge in [0, 0.05) is 55.3 Å². The number of nitrogens with two attached hydrogens (primary N) is 2. The number of benzene rings is 1. The average Bonchev–Trinajstić information content (AvgIpc) is 2.89. The summed E-state index contributed by atoms with van der Waals surface area (Å²) in [5, 5.41) is 6.32. The van der Waals surface area contributed by atoms with Gasteiger partial charge in [0.05, 0.1) is 5.25 Å². The molecule has 0 radical (unpaired) electrons. The first-order valence-electron chi connectivity index (χ1n) is 12.0. The van der Waals surface area contributed by atoms with E-state index in [2.05, 4.69) is 40.4 Å². The van der Waals surface area contributed by atoms with Crippen LogP contribution < -0.4 is 22.4 Å². The molecule has 0 saturated carbocycles. The van der Waals surface area contributed by atoms with E-state index in [9.17, 15) is 9.59 Å². The number of amidine groups is 1. The number of hydrogen-bond acceptors (Lipinski definition) is 8. The number of hydrazone groups is 1. The number of hydrazine groups is 1. The number of nitrogens with zero attached hydrogens (tertiary/aromatic N) is 3. The standard InChI is InChI=1S/C26H37N7O2S/c1-4-5-7-20-9-12-23(29-17-20)16-24(36-18-34)19(2)33(3)15-6-8-25(35)30-22-13-10-21(11-14-22)26(31-27)32-28/h9-14,17-18,24H,2,4-8,15-16,27-28H2,1,3H3,(H,30,35)(H,31,32). The van der Waals surface area contributed by atoms with Crippen LogP contribution in [0.25, 0.3) is 0 Å². The van der Waals surface area contributed by atoms with Crippen molar-refractivity contribution >= 4 is 34.8 Å². The van der Waals surface area contributed by atoms with E-state index in [1.807, 2.05) is 24.2 Å². The van der Waals surface area contributed by atoms with Gasteiger partial charge in [0.2, 0.25) is 5.91 Å². The zero-order valence-corrected chi connectivity index (χ0v) is 21.9. The van der Waals surface area contributed by atoms with Crippen molar-refractivity contribution in [1.29, 1.82) is 0 Å². The number of carbonyl (C=O) groups is 2. The number of aryl methyl sites for hydroxylation is 1. The fourth-order valence-electron chi connectivity index (χ4n) is 3.60. The highest BCUT2D eigenvalue weighted by Gasteiger charge is 2.18. The molecule has 1 aromatic heterocycles. The van der Waals surface area contributed by atoms with Crippen molar-refractivity contribution in [1.82, 2.24) is 15.3 Å². The summed E-state index contributed by atoms with van der Waals surface area (Å²) >= 11 is 1.20. The highest BCUT2D eigenvalue weighted by molar-refractivity contribution is 8.12. The zero-order chi connectivity index (χ0) is 26.3. The molecule has 1 aromatic carbocycles. The summed E-state index contributed by atoms with van der Waals surface area (Å²) in [6.45, 7) is 7.03. The topological polar surface area (TPSA) is 139 Å². The molecule has 0 spiro atoms. The number of aromatic nitrogens is 1. The third-order valence-electron chi connectivity index (χ3n) is 5.79. The predicted octanol–water partition coefficient (Wildman–Crippen LogP) is 3.21. The van der Waals surface area contributed by atoms with Gasteiger partial charge >= 0.3 is 0 Å². The van der Waals surface area contributed by atoms with Crippen molar-refractivity contribution in [2.45, 2.75) is 50.7 Å². The maximum atomic E-state index is 12.4. The number of carbonyl (C=O) groups excluding carboxylic acids is 2. The van der Waals surface area contributed by atoms with Crippen LogP contribution >= 0.6 is 11.8 Å². The molecule has 0 aliphatic heterocycles. The minimum absolute atomic E-state index is 0.0855. The molecule has 0 bridgehead atoms. The summed E-state index contributed by atoms with van der Waals surface area (Å²) in [5.41, 5.74) is 7.65. The van der Waals surface area contributed by atoms with Crippen LogP contribution in [-0.2, 0) is 22.4 Å². The molecule has 0 fully saturated rings. The van der Waals surface area contributed by atoms with Gasteiger partial charge in [0.25, 0.3) is 0 Å². The third kappa shape index (κ3) is 9.35. The molecule has 9 nitrogen and oxygen atoms in total. The van der Waals surface area contributed by atoms with Gasteiger partial charge in [-0.1, -0.05) is 37.8 Å². The molecule has 0 saturated heterocycles. The SMILES string of the molecule is C=C(C(Cc1ccc(CCCC)cn1)SC=O)N(C)CCCC(=O)Nc1ccc(/C(=N/N)NN)cc1. The van der Waals surface area contributed by atoms with Crippen molar-refractivity contribution < 1.29 is 9.59 Å². The Hall–Kier alpha value is -3.37. The largest absolute Gasteiger partial charge is 0.377 e. The Morgan fingerprint density at radius 1 is 1.25 bits per heavy atom. The first-order chi connectivity index (χ1) is 17.4. The lowest BCUT2D eigenvalue weighted by atomic mass is 10.1. The van der Waals surface area contributed by atoms with Crippen molar-refractivity contribution in [2.24, 2.45) is 16.8 Å². The van der Waals surface area contributed by atoms with E-state index >= 15 is 0 Å². The molecule has 2 rings (SSSR count). The quantitative estimate of drug-likeness (QED) is 0.0940. The Balaban J connectivity index is 1.83. The molecule has 0 aliphatic carbocycles.